The van der Waals surface area contributed by atoms with Crippen LogP contribution in [-0.2, 0) is 21.2 Å². The minimum absolute atomic E-state index is 0.0446. The molecule has 0 unspecified atom stereocenters. The van der Waals surface area contributed by atoms with Crippen molar-refractivity contribution >= 4 is 38.2 Å². The quantitative estimate of drug-likeness (QED) is 0.397. The highest BCUT2D eigenvalue weighted by Gasteiger charge is 2.24. The van der Waals surface area contributed by atoms with Gasteiger partial charge in [0.2, 0.25) is 0 Å². The number of ether oxygens (including phenoxy) is 1. The summed E-state index contributed by atoms with van der Waals surface area (Å²) in [5, 5.41) is 9.78. The highest BCUT2D eigenvalue weighted by molar-refractivity contribution is 7.92. The van der Waals surface area contributed by atoms with E-state index >= 15 is 0 Å². The second kappa shape index (κ2) is 8.76. The Morgan fingerprint density at radius 1 is 1.19 bits per heavy atom. The Labute approximate surface area is 190 Å². The van der Waals surface area contributed by atoms with Crippen molar-refractivity contribution in [1.82, 2.24) is 8.96 Å². The van der Waals surface area contributed by atoms with Crippen LogP contribution in [0.15, 0.2) is 65.1 Å². The number of aromatic nitrogens is 2. The van der Waals surface area contributed by atoms with E-state index in [0.717, 1.165) is 16.2 Å². The van der Waals surface area contributed by atoms with Gasteiger partial charge in [-0.25, -0.2) is 3.97 Å². The summed E-state index contributed by atoms with van der Waals surface area (Å²) in [6, 6.07) is 14.0. The Balaban J connectivity index is 1.80. The monoisotopic (exact) mass is 470 g/mol. The molecular formula is C23H22N2O5S2. The molecule has 0 amide bonds. The molecule has 0 radical (unpaired) electrons. The fourth-order valence-corrected chi connectivity index (χ4v) is 6.20. The van der Waals surface area contributed by atoms with Crippen molar-refractivity contribution in [3.8, 4) is 16.3 Å². The summed E-state index contributed by atoms with van der Waals surface area (Å²) in [5.74, 6) is -0.339. The Hall–Kier alpha value is -3.17. The first-order valence-corrected chi connectivity index (χ1v) is 12.3. The number of pyridine rings is 1. The number of hydrogen-bond acceptors (Lipinski definition) is 6. The number of nitrogens with zero attached hydrogens (tertiary/aromatic N) is 2. The van der Waals surface area contributed by atoms with Crippen LogP contribution in [-0.4, -0.2) is 34.6 Å². The highest BCUT2D eigenvalue weighted by atomic mass is 32.2. The number of thiophene rings is 1. The standard InChI is InChI=1S/C23H22N2O5S2/c1-15(2)30-17-7-8-20-18(13-17)16(6-10-22(26)27)14-25(20)32(28,29)23-11-9-21(31-23)19-5-3-4-12-24-19/h3-5,7-9,11-15H,6,10H2,1-2H3,(H,26,27). The molecule has 9 heteroatoms. The van der Waals surface area contributed by atoms with Crippen molar-refractivity contribution < 1.29 is 23.1 Å². The first kappa shape index (κ1) is 22.0. The van der Waals surface area contributed by atoms with Crippen LogP contribution in [0.1, 0.15) is 25.8 Å². The molecule has 0 saturated carbocycles. The first-order chi connectivity index (χ1) is 15.3. The molecule has 0 aliphatic heterocycles. The molecular weight excluding hydrogens is 448 g/mol. The van der Waals surface area contributed by atoms with Gasteiger partial charge in [0.15, 0.2) is 0 Å². The molecule has 166 valence electrons. The summed E-state index contributed by atoms with van der Waals surface area (Å²) in [5.41, 5.74) is 1.82. The van der Waals surface area contributed by atoms with E-state index in [1.54, 1.807) is 42.6 Å². The molecule has 1 aromatic carbocycles. The number of benzene rings is 1. The van der Waals surface area contributed by atoms with Gasteiger partial charge >= 0.3 is 5.97 Å². The van der Waals surface area contributed by atoms with Crippen molar-refractivity contribution in [1.29, 1.82) is 0 Å². The van der Waals surface area contributed by atoms with Crippen LogP contribution in [0.3, 0.4) is 0 Å². The summed E-state index contributed by atoms with van der Waals surface area (Å²) in [6.07, 6.45) is 3.24. The van der Waals surface area contributed by atoms with E-state index in [1.807, 2.05) is 26.0 Å². The average Bonchev–Trinajstić information content (AvgIpc) is 3.38. The van der Waals surface area contributed by atoms with E-state index in [-0.39, 0.29) is 23.2 Å². The van der Waals surface area contributed by atoms with Gasteiger partial charge in [-0.1, -0.05) is 6.07 Å². The maximum absolute atomic E-state index is 13.5. The fourth-order valence-electron chi connectivity index (χ4n) is 3.43. The van der Waals surface area contributed by atoms with Crippen LogP contribution < -0.4 is 4.74 Å². The molecule has 0 atom stereocenters. The molecule has 0 aliphatic rings. The van der Waals surface area contributed by atoms with Crippen molar-refractivity contribution in [3.63, 3.8) is 0 Å². The van der Waals surface area contributed by atoms with Gasteiger partial charge in [0.05, 0.1) is 22.2 Å². The lowest BCUT2D eigenvalue weighted by Gasteiger charge is -2.10. The predicted octanol–water partition coefficient (Wildman–Crippen LogP) is 4.81. The highest BCUT2D eigenvalue weighted by Crippen LogP contribution is 2.34. The van der Waals surface area contributed by atoms with Gasteiger partial charge in [0, 0.05) is 24.2 Å². The predicted molar refractivity (Wildman–Crippen MR) is 124 cm³/mol. The first-order valence-electron chi connectivity index (χ1n) is 10.0. The van der Waals surface area contributed by atoms with Crippen LogP contribution in [0, 0.1) is 0 Å². The van der Waals surface area contributed by atoms with Gasteiger partial charge in [-0.15, -0.1) is 11.3 Å². The number of carboxylic acids is 1. The molecule has 32 heavy (non-hydrogen) atoms. The average molecular weight is 471 g/mol. The number of fused-ring (bicyclic) bond motifs is 1. The van der Waals surface area contributed by atoms with Gasteiger partial charge in [-0.3, -0.25) is 9.78 Å². The van der Waals surface area contributed by atoms with E-state index in [4.69, 9.17) is 9.84 Å². The summed E-state index contributed by atoms with van der Waals surface area (Å²) >= 11 is 1.15. The molecule has 0 aliphatic carbocycles. The minimum Gasteiger partial charge on any atom is -0.491 e. The van der Waals surface area contributed by atoms with Crippen molar-refractivity contribution in [3.05, 3.63) is 66.5 Å². The Bertz CT molecular complexity index is 1370. The van der Waals surface area contributed by atoms with Gasteiger partial charge in [-0.05, 0) is 68.3 Å². The number of aliphatic carboxylic acids is 1. The summed E-state index contributed by atoms with van der Waals surface area (Å²) < 4.78 is 34.2. The molecule has 4 aromatic rings. The zero-order chi connectivity index (χ0) is 22.9. The summed E-state index contributed by atoms with van der Waals surface area (Å²) in [7, 11) is -3.89. The normalized spacial score (nSPS) is 11.8. The third kappa shape index (κ3) is 4.39. The second-order valence-electron chi connectivity index (χ2n) is 7.53. The van der Waals surface area contributed by atoms with Crippen molar-refractivity contribution in [2.45, 2.75) is 37.0 Å². The van der Waals surface area contributed by atoms with E-state index < -0.39 is 16.0 Å². The number of aryl methyl sites for hydroxylation is 1. The molecule has 3 aromatic heterocycles. The topological polar surface area (TPSA) is 98.5 Å². The number of carbonyl (C=O) groups is 1. The Morgan fingerprint density at radius 2 is 2.00 bits per heavy atom. The molecule has 4 rings (SSSR count). The number of hydrogen-bond donors (Lipinski definition) is 1. The fraction of sp³-hybridized carbons (Fsp3) is 0.217. The molecule has 0 saturated heterocycles. The summed E-state index contributed by atoms with van der Waals surface area (Å²) in [4.78, 5) is 16.2. The van der Waals surface area contributed by atoms with Crippen LogP contribution in [0.4, 0.5) is 0 Å². The summed E-state index contributed by atoms with van der Waals surface area (Å²) in [6.45, 7) is 3.81. The third-order valence-corrected chi connectivity index (χ3v) is 8.07. The zero-order valence-electron chi connectivity index (χ0n) is 17.6. The molecule has 3 heterocycles. The van der Waals surface area contributed by atoms with Crippen LogP contribution >= 0.6 is 11.3 Å². The minimum atomic E-state index is -3.89. The smallest absolute Gasteiger partial charge is 0.303 e. The van der Waals surface area contributed by atoms with Crippen molar-refractivity contribution in [2.75, 3.05) is 0 Å². The second-order valence-corrected chi connectivity index (χ2v) is 10.7. The van der Waals surface area contributed by atoms with Crippen LogP contribution in [0.2, 0.25) is 0 Å². The molecule has 7 nitrogen and oxygen atoms in total. The van der Waals surface area contributed by atoms with Gasteiger partial charge < -0.3 is 9.84 Å². The van der Waals surface area contributed by atoms with Gasteiger partial charge in [-0.2, -0.15) is 8.42 Å². The Morgan fingerprint density at radius 3 is 2.69 bits per heavy atom. The molecule has 0 fully saturated rings. The van der Waals surface area contributed by atoms with Gasteiger partial charge in [0.25, 0.3) is 10.0 Å². The lowest BCUT2D eigenvalue weighted by atomic mass is 10.1. The van der Waals surface area contributed by atoms with Crippen molar-refractivity contribution in [2.24, 2.45) is 0 Å². The maximum atomic E-state index is 13.5. The van der Waals surface area contributed by atoms with E-state index in [0.29, 0.717) is 27.9 Å². The molecule has 0 spiro atoms. The van der Waals surface area contributed by atoms with Crippen LogP contribution in [0.5, 0.6) is 5.75 Å². The number of carboxylic acid groups (broad SMARTS) is 1. The lowest BCUT2D eigenvalue weighted by Crippen LogP contribution is -2.10. The Kier molecular flexibility index (Phi) is 6.03. The van der Waals surface area contributed by atoms with Crippen LogP contribution in [0.25, 0.3) is 21.5 Å². The maximum Gasteiger partial charge on any atom is 0.303 e. The van der Waals surface area contributed by atoms with E-state index in [2.05, 4.69) is 4.98 Å². The third-order valence-electron chi connectivity index (χ3n) is 4.82. The lowest BCUT2D eigenvalue weighted by molar-refractivity contribution is -0.136. The van der Waals surface area contributed by atoms with E-state index in [1.165, 1.54) is 10.2 Å². The largest absolute Gasteiger partial charge is 0.491 e. The van der Waals surface area contributed by atoms with Gasteiger partial charge in [0.1, 0.15) is 9.96 Å². The molecule has 0 bridgehead atoms. The van der Waals surface area contributed by atoms with E-state index in [9.17, 15) is 13.2 Å². The number of rotatable bonds is 8. The zero-order valence-corrected chi connectivity index (χ0v) is 19.2. The molecule has 1 N–H and O–H groups in total. The SMILES string of the molecule is CC(C)Oc1ccc2c(c1)c(CCC(=O)O)cn2S(=O)(=O)c1ccc(-c2ccccn2)s1.